The van der Waals surface area contributed by atoms with Gasteiger partial charge in [-0.05, 0) is 23.8 Å². The third kappa shape index (κ3) is 4.73. The van der Waals surface area contributed by atoms with Crippen LogP contribution in [0.4, 0.5) is 4.79 Å². The monoisotopic (exact) mass is 338 g/mol. The molecule has 0 spiro atoms. The van der Waals surface area contributed by atoms with Crippen molar-refractivity contribution in [1.82, 2.24) is 10.8 Å². The van der Waals surface area contributed by atoms with Crippen molar-refractivity contribution in [3.8, 4) is 0 Å². The molecule has 22 heavy (non-hydrogen) atoms. The van der Waals surface area contributed by atoms with Gasteiger partial charge >= 0.3 is 6.03 Å². The van der Waals surface area contributed by atoms with Crippen molar-refractivity contribution in [1.29, 1.82) is 0 Å². The zero-order valence-corrected chi connectivity index (χ0v) is 12.8. The van der Waals surface area contributed by atoms with Gasteiger partial charge in [0.2, 0.25) is 0 Å². The molecule has 0 aliphatic carbocycles. The predicted molar refractivity (Wildman–Crippen MR) is 83.7 cm³/mol. The highest BCUT2D eigenvalue weighted by Gasteiger charge is 2.13. The summed E-state index contributed by atoms with van der Waals surface area (Å²) >= 11 is 11.6. The molecule has 7 heteroatoms. The number of hydrogen-bond acceptors (Lipinski definition) is 3. The number of carbonyl (C=O) groups excluding carboxylic acids is 2. The van der Waals surface area contributed by atoms with Crippen molar-refractivity contribution in [3.05, 3.63) is 69.7 Å². The van der Waals surface area contributed by atoms with Crippen LogP contribution in [0.1, 0.15) is 15.9 Å². The number of imide groups is 1. The lowest BCUT2D eigenvalue weighted by atomic mass is 10.2. The van der Waals surface area contributed by atoms with E-state index in [2.05, 4.69) is 10.8 Å². The minimum atomic E-state index is -0.785. The van der Waals surface area contributed by atoms with Gasteiger partial charge in [-0.3, -0.25) is 14.9 Å². The maximum atomic E-state index is 11.9. The number of rotatable bonds is 4. The molecule has 2 rings (SSSR count). The summed E-state index contributed by atoms with van der Waals surface area (Å²) in [6.45, 7) is 0.185. The van der Waals surface area contributed by atoms with E-state index in [1.165, 1.54) is 18.2 Å². The molecular weight excluding hydrogens is 327 g/mol. The first kappa shape index (κ1) is 16.3. The summed E-state index contributed by atoms with van der Waals surface area (Å²) in [6, 6.07) is 12.8. The van der Waals surface area contributed by atoms with E-state index < -0.39 is 11.9 Å². The zero-order valence-electron chi connectivity index (χ0n) is 11.3. The van der Waals surface area contributed by atoms with E-state index in [1.807, 2.05) is 30.3 Å². The smallest absolute Gasteiger partial charge is 0.272 e. The first-order valence-corrected chi connectivity index (χ1v) is 7.04. The van der Waals surface area contributed by atoms with Crippen molar-refractivity contribution in [2.45, 2.75) is 6.61 Å². The van der Waals surface area contributed by atoms with Crippen molar-refractivity contribution in [2.75, 3.05) is 0 Å². The number of hydroxylamine groups is 1. The molecule has 0 heterocycles. The van der Waals surface area contributed by atoms with Crippen LogP contribution in [0.2, 0.25) is 10.0 Å². The molecule has 2 aromatic rings. The molecule has 0 aromatic heterocycles. The van der Waals surface area contributed by atoms with Gasteiger partial charge in [-0.15, -0.1) is 0 Å². The lowest BCUT2D eigenvalue weighted by Crippen LogP contribution is -2.39. The first-order chi connectivity index (χ1) is 10.6. The predicted octanol–water partition coefficient (Wildman–Crippen LogP) is 3.56. The highest BCUT2D eigenvalue weighted by atomic mass is 35.5. The lowest BCUT2D eigenvalue weighted by Gasteiger charge is -2.08. The molecule has 0 fully saturated rings. The molecule has 0 aliphatic rings. The number of urea groups is 1. The Labute approximate surface area is 137 Å². The van der Waals surface area contributed by atoms with Crippen LogP contribution in [-0.4, -0.2) is 11.9 Å². The molecule has 0 aliphatic heterocycles. The van der Waals surface area contributed by atoms with E-state index in [9.17, 15) is 9.59 Å². The summed E-state index contributed by atoms with van der Waals surface area (Å²) in [4.78, 5) is 28.4. The van der Waals surface area contributed by atoms with E-state index >= 15 is 0 Å². The summed E-state index contributed by atoms with van der Waals surface area (Å²) in [6.07, 6.45) is 0. The van der Waals surface area contributed by atoms with Crippen molar-refractivity contribution in [3.63, 3.8) is 0 Å². The Morgan fingerprint density at radius 1 is 1.05 bits per heavy atom. The Bertz CT molecular complexity index is 678. The topological polar surface area (TPSA) is 67.4 Å². The Hall–Kier alpha value is -2.08. The van der Waals surface area contributed by atoms with E-state index in [0.717, 1.165) is 5.56 Å². The lowest BCUT2D eigenvalue weighted by molar-refractivity contribution is 0.0482. The standard InChI is InChI=1S/C15H12Cl2N2O3/c16-11-6-7-12(13(17)8-11)14(20)18-15(21)19-22-9-10-4-2-1-3-5-10/h1-8H,9H2,(H2,18,19,20,21). The van der Waals surface area contributed by atoms with E-state index in [0.29, 0.717) is 5.02 Å². The quantitative estimate of drug-likeness (QED) is 0.837. The SMILES string of the molecule is O=C(NOCc1ccccc1)NC(=O)c1ccc(Cl)cc1Cl. The van der Waals surface area contributed by atoms with Crippen LogP contribution in [0.25, 0.3) is 0 Å². The fraction of sp³-hybridized carbons (Fsp3) is 0.0667. The molecule has 114 valence electrons. The largest absolute Gasteiger partial charge is 0.345 e. The minimum Gasteiger partial charge on any atom is -0.272 e. The highest BCUT2D eigenvalue weighted by molar-refractivity contribution is 6.37. The van der Waals surface area contributed by atoms with Crippen LogP contribution in [0.3, 0.4) is 0 Å². The fourth-order valence-electron chi connectivity index (χ4n) is 1.63. The average Bonchev–Trinajstić information content (AvgIpc) is 2.48. The second-order valence-corrected chi connectivity index (χ2v) is 5.13. The first-order valence-electron chi connectivity index (χ1n) is 6.28. The molecule has 2 aromatic carbocycles. The third-order valence-corrected chi connectivity index (χ3v) is 3.20. The van der Waals surface area contributed by atoms with Gasteiger partial charge < -0.3 is 0 Å². The van der Waals surface area contributed by atoms with Gasteiger partial charge in [0, 0.05) is 5.02 Å². The molecule has 0 unspecified atom stereocenters. The van der Waals surface area contributed by atoms with Gasteiger partial charge in [-0.25, -0.2) is 10.3 Å². The molecular formula is C15H12Cl2N2O3. The van der Waals surface area contributed by atoms with Gasteiger partial charge in [-0.1, -0.05) is 53.5 Å². The number of halogens is 2. The Morgan fingerprint density at radius 2 is 1.77 bits per heavy atom. The fourth-order valence-corrected chi connectivity index (χ4v) is 2.12. The summed E-state index contributed by atoms with van der Waals surface area (Å²) < 4.78 is 0. The zero-order chi connectivity index (χ0) is 15.9. The van der Waals surface area contributed by atoms with Gasteiger partial charge in [0.05, 0.1) is 17.2 Å². The molecule has 3 amide bonds. The van der Waals surface area contributed by atoms with Crippen LogP contribution in [-0.2, 0) is 11.4 Å². The maximum absolute atomic E-state index is 11.9. The molecule has 5 nitrogen and oxygen atoms in total. The molecule has 2 N–H and O–H groups in total. The van der Waals surface area contributed by atoms with E-state index in [1.54, 1.807) is 0 Å². The summed E-state index contributed by atoms with van der Waals surface area (Å²) in [5, 5.41) is 2.66. The molecule has 0 radical (unpaired) electrons. The third-order valence-electron chi connectivity index (χ3n) is 2.65. The molecule has 0 saturated heterocycles. The van der Waals surface area contributed by atoms with Gasteiger partial charge in [-0.2, -0.15) is 0 Å². The van der Waals surface area contributed by atoms with Gasteiger partial charge in [0.15, 0.2) is 0 Å². The van der Waals surface area contributed by atoms with Crippen molar-refractivity contribution in [2.24, 2.45) is 0 Å². The molecule has 0 saturated carbocycles. The number of hydrogen-bond donors (Lipinski definition) is 2. The Morgan fingerprint density at radius 3 is 2.45 bits per heavy atom. The minimum absolute atomic E-state index is 0.143. The number of carbonyl (C=O) groups is 2. The van der Waals surface area contributed by atoms with E-state index in [-0.39, 0.29) is 17.2 Å². The van der Waals surface area contributed by atoms with Gasteiger partial charge in [0.1, 0.15) is 0 Å². The van der Waals surface area contributed by atoms with Crippen LogP contribution in [0, 0.1) is 0 Å². The average molecular weight is 339 g/mol. The second kappa shape index (κ2) is 7.79. The Kier molecular flexibility index (Phi) is 5.77. The highest BCUT2D eigenvalue weighted by Crippen LogP contribution is 2.20. The number of benzene rings is 2. The summed E-state index contributed by atoms with van der Waals surface area (Å²) in [5.41, 5.74) is 3.15. The van der Waals surface area contributed by atoms with Crippen LogP contribution < -0.4 is 10.8 Å². The van der Waals surface area contributed by atoms with E-state index in [4.69, 9.17) is 28.0 Å². The number of nitrogens with one attached hydrogen (secondary N) is 2. The number of amides is 3. The maximum Gasteiger partial charge on any atom is 0.345 e. The van der Waals surface area contributed by atoms with Crippen LogP contribution in [0.5, 0.6) is 0 Å². The Balaban J connectivity index is 1.82. The van der Waals surface area contributed by atoms with Crippen LogP contribution in [0.15, 0.2) is 48.5 Å². The van der Waals surface area contributed by atoms with Crippen molar-refractivity contribution >= 4 is 35.1 Å². The summed E-state index contributed by atoms with van der Waals surface area (Å²) in [7, 11) is 0. The normalized spacial score (nSPS) is 10.1. The van der Waals surface area contributed by atoms with Crippen LogP contribution >= 0.6 is 23.2 Å². The van der Waals surface area contributed by atoms with Crippen molar-refractivity contribution < 1.29 is 14.4 Å². The second-order valence-electron chi connectivity index (χ2n) is 4.28. The van der Waals surface area contributed by atoms with Gasteiger partial charge in [0.25, 0.3) is 5.91 Å². The summed E-state index contributed by atoms with van der Waals surface area (Å²) in [5.74, 6) is -0.650. The molecule has 0 atom stereocenters. The molecule has 0 bridgehead atoms.